The summed E-state index contributed by atoms with van der Waals surface area (Å²) in [6.45, 7) is 6.00. The van der Waals surface area contributed by atoms with Gasteiger partial charge in [0.15, 0.2) is 9.84 Å². The molecule has 6 heteroatoms. The van der Waals surface area contributed by atoms with Crippen LogP contribution in [0.3, 0.4) is 0 Å². The molecule has 4 nitrogen and oxygen atoms in total. The quantitative estimate of drug-likeness (QED) is 0.824. The molecule has 2 fully saturated rings. The van der Waals surface area contributed by atoms with Crippen molar-refractivity contribution in [1.82, 2.24) is 4.90 Å². The Morgan fingerprint density at radius 1 is 1.17 bits per heavy atom. The standard InChI is InChI=1S/C18H25NO3S2/c1-13-9-14(2)11-19(10-13)18(20)16-5-3-4-6-17(16)23-15-7-8-24(21,22)12-15/h3-6,13-15H,7-12H2,1-2H3/t13-,14-,15-/m1/s1. The fourth-order valence-electron chi connectivity index (χ4n) is 3.78. The molecule has 0 saturated carbocycles. The van der Waals surface area contributed by atoms with Crippen LogP contribution in [0.15, 0.2) is 29.2 Å². The molecule has 2 saturated heterocycles. The first kappa shape index (κ1) is 17.8. The van der Waals surface area contributed by atoms with Crippen molar-refractivity contribution in [2.75, 3.05) is 24.6 Å². The van der Waals surface area contributed by atoms with E-state index in [1.54, 1.807) is 11.8 Å². The summed E-state index contributed by atoms with van der Waals surface area (Å²) in [4.78, 5) is 15.9. The molecule has 1 aromatic rings. The lowest BCUT2D eigenvalue weighted by atomic mass is 9.91. The maximum atomic E-state index is 13.0. The first-order valence-electron chi connectivity index (χ1n) is 8.59. The lowest BCUT2D eigenvalue weighted by molar-refractivity contribution is 0.0619. The summed E-state index contributed by atoms with van der Waals surface area (Å²) < 4.78 is 23.4. The number of amides is 1. The van der Waals surface area contributed by atoms with Crippen LogP contribution in [-0.2, 0) is 9.84 Å². The molecule has 0 radical (unpaired) electrons. The normalized spacial score (nSPS) is 29.6. The van der Waals surface area contributed by atoms with Crippen LogP contribution >= 0.6 is 11.8 Å². The number of piperidine rings is 1. The van der Waals surface area contributed by atoms with Crippen molar-refractivity contribution in [3.63, 3.8) is 0 Å². The van der Waals surface area contributed by atoms with Gasteiger partial charge in [0.2, 0.25) is 0 Å². The van der Waals surface area contributed by atoms with Gasteiger partial charge in [0.1, 0.15) is 0 Å². The highest BCUT2D eigenvalue weighted by Gasteiger charge is 2.31. The van der Waals surface area contributed by atoms with Crippen LogP contribution in [-0.4, -0.2) is 49.1 Å². The van der Waals surface area contributed by atoms with Gasteiger partial charge >= 0.3 is 0 Å². The highest BCUT2D eigenvalue weighted by Crippen LogP contribution is 2.34. The van der Waals surface area contributed by atoms with Gasteiger partial charge in [-0.1, -0.05) is 26.0 Å². The summed E-state index contributed by atoms with van der Waals surface area (Å²) in [6.07, 6.45) is 1.84. The Bertz CT molecular complexity index is 707. The number of sulfone groups is 1. The second-order valence-electron chi connectivity index (χ2n) is 7.30. The Kier molecular flexibility index (Phi) is 5.25. The van der Waals surface area contributed by atoms with Crippen molar-refractivity contribution in [1.29, 1.82) is 0 Å². The number of carbonyl (C=O) groups is 1. The van der Waals surface area contributed by atoms with E-state index >= 15 is 0 Å². The van der Waals surface area contributed by atoms with Crippen LogP contribution in [0.25, 0.3) is 0 Å². The van der Waals surface area contributed by atoms with Gasteiger partial charge in [0.25, 0.3) is 5.91 Å². The van der Waals surface area contributed by atoms with Crippen LogP contribution in [0.1, 0.15) is 37.0 Å². The van der Waals surface area contributed by atoms with E-state index in [-0.39, 0.29) is 22.7 Å². The zero-order valence-electron chi connectivity index (χ0n) is 14.3. The molecule has 0 N–H and O–H groups in total. The van der Waals surface area contributed by atoms with Gasteiger partial charge in [0.05, 0.1) is 17.1 Å². The summed E-state index contributed by atoms with van der Waals surface area (Å²) in [5, 5.41) is 0.0585. The van der Waals surface area contributed by atoms with E-state index < -0.39 is 9.84 Å². The molecular weight excluding hydrogens is 342 g/mol. The number of likely N-dealkylation sites (tertiary alicyclic amines) is 1. The molecule has 3 rings (SSSR count). The molecule has 2 heterocycles. The Hall–Kier alpha value is -1.01. The van der Waals surface area contributed by atoms with Gasteiger partial charge in [-0.15, -0.1) is 11.8 Å². The minimum atomic E-state index is -2.90. The third kappa shape index (κ3) is 4.14. The van der Waals surface area contributed by atoms with Gasteiger partial charge < -0.3 is 4.90 Å². The topological polar surface area (TPSA) is 54.5 Å². The van der Waals surface area contributed by atoms with Crippen LogP contribution in [0, 0.1) is 11.8 Å². The van der Waals surface area contributed by atoms with Crippen molar-refractivity contribution >= 4 is 27.5 Å². The van der Waals surface area contributed by atoms with E-state index in [0.717, 1.165) is 18.0 Å². The molecule has 0 bridgehead atoms. The predicted molar refractivity (Wildman–Crippen MR) is 98.2 cm³/mol. The Balaban J connectivity index is 1.77. The second kappa shape index (κ2) is 7.08. The second-order valence-corrected chi connectivity index (χ2v) is 10.9. The van der Waals surface area contributed by atoms with Gasteiger partial charge in [-0.2, -0.15) is 0 Å². The highest BCUT2D eigenvalue weighted by molar-refractivity contribution is 8.02. The average Bonchev–Trinajstić information content (AvgIpc) is 2.85. The zero-order chi connectivity index (χ0) is 17.3. The molecule has 2 aliphatic rings. The average molecular weight is 368 g/mol. The van der Waals surface area contributed by atoms with Crippen LogP contribution in [0.5, 0.6) is 0 Å². The smallest absolute Gasteiger partial charge is 0.255 e. The Morgan fingerprint density at radius 2 is 1.83 bits per heavy atom. The van der Waals surface area contributed by atoms with Gasteiger partial charge in [0, 0.05) is 23.2 Å². The number of rotatable bonds is 3. The minimum Gasteiger partial charge on any atom is -0.338 e. The summed E-state index contributed by atoms with van der Waals surface area (Å²) in [5.41, 5.74) is 0.716. The predicted octanol–water partition coefficient (Wildman–Crippen LogP) is 3.08. The lowest BCUT2D eigenvalue weighted by Crippen LogP contribution is -2.42. The number of nitrogens with zero attached hydrogens (tertiary/aromatic N) is 1. The Morgan fingerprint density at radius 3 is 2.46 bits per heavy atom. The van der Waals surface area contributed by atoms with Crippen molar-refractivity contribution in [2.45, 2.75) is 36.8 Å². The molecular formula is C18H25NO3S2. The summed E-state index contributed by atoms with van der Waals surface area (Å²) in [6, 6.07) is 7.63. The van der Waals surface area contributed by atoms with E-state index in [0.29, 0.717) is 23.8 Å². The van der Waals surface area contributed by atoms with E-state index in [9.17, 15) is 13.2 Å². The van der Waals surface area contributed by atoms with E-state index in [2.05, 4.69) is 13.8 Å². The fourth-order valence-corrected chi connectivity index (χ4v) is 7.40. The zero-order valence-corrected chi connectivity index (χ0v) is 15.9. The van der Waals surface area contributed by atoms with Crippen molar-refractivity contribution in [3.8, 4) is 0 Å². The van der Waals surface area contributed by atoms with Gasteiger partial charge in [-0.05, 0) is 36.8 Å². The lowest BCUT2D eigenvalue weighted by Gasteiger charge is -2.35. The van der Waals surface area contributed by atoms with Crippen LogP contribution < -0.4 is 0 Å². The molecule has 2 aliphatic heterocycles. The van der Waals surface area contributed by atoms with Crippen LogP contribution in [0.4, 0.5) is 0 Å². The summed E-state index contributed by atoms with van der Waals surface area (Å²) in [5.74, 6) is 1.62. The molecule has 0 unspecified atom stereocenters. The number of hydrogen-bond acceptors (Lipinski definition) is 4. The number of carbonyl (C=O) groups excluding carboxylic acids is 1. The molecule has 0 aromatic heterocycles. The van der Waals surface area contributed by atoms with Gasteiger partial charge in [-0.25, -0.2) is 8.42 Å². The maximum absolute atomic E-state index is 13.0. The molecule has 1 amide bonds. The number of thioether (sulfide) groups is 1. The Labute approximate surface area is 148 Å². The first-order chi connectivity index (χ1) is 11.3. The highest BCUT2D eigenvalue weighted by atomic mass is 32.2. The molecule has 0 aliphatic carbocycles. The SMILES string of the molecule is C[C@@H]1C[C@@H](C)CN(C(=O)c2ccccc2S[C@@H]2CCS(=O)(=O)C2)C1. The largest absolute Gasteiger partial charge is 0.338 e. The molecule has 24 heavy (non-hydrogen) atoms. The van der Waals surface area contributed by atoms with E-state index in [1.165, 1.54) is 6.42 Å². The molecule has 132 valence electrons. The number of benzene rings is 1. The molecule has 1 aromatic carbocycles. The third-order valence-electron chi connectivity index (χ3n) is 4.76. The fraction of sp³-hybridized carbons (Fsp3) is 0.611. The van der Waals surface area contributed by atoms with Crippen LogP contribution in [0.2, 0.25) is 0 Å². The van der Waals surface area contributed by atoms with Crippen molar-refractivity contribution < 1.29 is 13.2 Å². The summed E-state index contributed by atoms with van der Waals surface area (Å²) in [7, 11) is -2.90. The molecule has 0 spiro atoms. The van der Waals surface area contributed by atoms with Gasteiger partial charge in [-0.3, -0.25) is 4.79 Å². The van der Waals surface area contributed by atoms with Crippen molar-refractivity contribution in [3.05, 3.63) is 29.8 Å². The maximum Gasteiger partial charge on any atom is 0.255 e. The number of hydrogen-bond donors (Lipinski definition) is 0. The molecule has 3 atom stereocenters. The van der Waals surface area contributed by atoms with E-state index in [1.807, 2.05) is 29.2 Å². The van der Waals surface area contributed by atoms with Crippen molar-refractivity contribution in [2.24, 2.45) is 11.8 Å². The minimum absolute atomic E-state index is 0.0585. The van der Waals surface area contributed by atoms with E-state index in [4.69, 9.17) is 0 Å². The monoisotopic (exact) mass is 367 g/mol. The third-order valence-corrected chi connectivity index (χ3v) is 8.08. The first-order valence-corrected chi connectivity index (χ1v) is 11.3. The summed E-state index contributed by atoms with van der Waals surface area (Å²) >= 11 is 1.55.